The molecule has 1 amide bonds. The largest absolute Gasteiger partial charge is 0.362 e. The van der Waals surface area contributed by atoms with Crippen LogP contribution < -0.4 is 15.5 Å². The molecule has 1 heterocycles. The highest BCUT2D eigenvalue weighted by Gasteiger charge is 2.23. The second-order valence-electron chi connectivity index (χ2n) is 7.27. The van der Waals surface area contributed by atoms with Gasteiger partial charge >= 0.3 is 0 Å². The van der Waals surface area contributed by atoms with Gasteiger partial charge in [-0.25, -0.2) is 9.37 Å². The molecular weight excluding hydrogens is 345 g/mol. The van der Waals surface area contributed by atoms with E-state index in [9.17, 15) is 9.18 Å². The highest BCUT2D eigenvalue weighted by atomic mass is 19.1. The van der Waals surface area contributed by atoms with Crippen LogP contribution in [0.3, 0.4) is 0 Å². The van der Waals surface area contributed by atoms with Crippen molar-refractivity contribution < 1.29 is 9.18 Å². The Morgan fingerprint density at radius 1 is 1.11 bits per heavy atom. The quantitative estimate of drug-likeness (QED) is 0.845. The highest BCUT2D eigenvalue weighted by molar-refractivity contribution is 5.94. The van der Waals surface area contributed by atoms with Crippen LogP contribution in [0.1, 0.15) is 41.6 Å². The average molecular weight is 371 g/mol. The molecule has 1 saturated carbocycles. The zero-order chi connectivity index (χ0) is 19.4. The van der Waals surface area contributed by atoms with Crippen molar-refractivity contribution >= 4 is 17.7 Å². The Labute approximate surface area is 159 Å². The van der Waals surface area contributed by atoms with Crippen LogP contribution in [-0.4, -0.2) is 42.1 Å². The molecule has 0 saturated heterocycles. The topological polar surface area (TPSA) is 70.1 Å². The van der Waals surface area contributed by atoms with Crippen molar-refractivity contribution in [3.63, 3.8) is 0 Å². The minimum Gasteiger partial charge on any atom is -0.362 e. The standard InChI is InChI=1S/C20H26FN5O/c1-13-12-22-20(25-18(13)26(2)3)24-17-10-8-16(9-11-17)23-19(27)14-4-6-15(21)7-5-14/h4-7,12,16-17H,8-11H2,1-3H3,(H,23,27)(H,22,24,25). The van der Waals surface area contributed by atoms with Crippen LogP contribution in [0.5, 0.6) is 0 Å². The van der Waals surface area contributed by atoms with Gasteiger partial charge in [0.25, 0.3) is 5.91 Å². The van der Waals surface area contributed by atoms with E-state index in [2.05, 4.69) is 20.6 Å². The summed E-state index contributed by atoms with van der Waals surface area (Å²) in [4.78, 5) is 23.2. The molecule has 0 spiro atoms. The molecule has 1 fully saturated rings. The van der Waals surface area contributed by atoms with Crippen LogP contribution in [0.25, 0.3) is 0 Å². The number of hydrogen-bond donors (Lipinski definition) is 2. The zero-order valence-corrected chi connectivity index (χ0v) is 16.0. The number of halogens is 1. The Morgan fingerprint density at radius 3 is 2.37 bits per heavy atom. The molecule has 1 aromatic heterocycles. The van der Waals surface area contributed by atoms with E-state index in [0.717, 1.165) is 37.1 Å². The first-order valence-corrected chi connectivity index (χ1v) is 9.26. The third-order valence-electron chi connectivity index (χ3n) is 4.87. The zero-order valence-electron chi connectivity index (χ0n) is 16.0. The lowest BCUT2D eigenvalue weighted by molar-refractivity contribution is 0.0926. The molecule has 3 rings (SSSR count). The molecule has 2 aromatic rings. The number of hydrogen-bond acceptors (Lipinski definition) is 5. The number of anilines is 2. The van der Waals surface area contributed by atoms with E-state index in [4.69, 9.17) is 0 Å². The van der Waals surface area contributed by atoms with Gasteiger partial charge in [0.15, 0.2) is 0 Å². The van der Waals surface area contributed by atoms with E-state index in [1.807, 2.05) is 32.1 Å². The van der Waals surface area contributed by atoms with Gasteiger partial charge in [-0.2, -0.15) is 4.98 Å². The van der Waals surface area contributed by atoms with Crippen LogP contribution in [0.4, 0.5) is 16.2 Å². The highest BCUT2D eigenvalue weighted by Crippen LogP contribution is 2.23. The molecule has 144 valence electrons. The van der Waals surface area contributed by atoms with E-state index in [-0.39, 0.29) is 17.8 Å². The number of rotatable bonds is 5. The fourth-order valence-corrected chi connectivity index (χ4v) is 3.39. The van der Waals surface area contributed by atoms with Crippen molar-refractivity contribution in [1.29, 1.82) is 0 Å². The third-order valence-corrected chi connectivity index (χ3v) is 4.87. The van der Waals surface area contributed by atoms with E-state index >= 15 is 0 Å². The van der Waals surface area contributed by atoms with Gasteiger partial charge in [0, 0.05) is 43.5 Å². The minimum atomic E-state index is -0.339. The molecule has 2 N–H and O–H groups in total. The summed E-state index contributed by atoms with van der Waals surface area (Å²) in [5.74, 6) is 1.06. The van der Waals surface area contributed by atoms with Gasteiger partial charge in [0.1, 0.15) is 11.6 Å². The van der Waals surface area contributed by atoms with Gasteiger partial charge in [0.2, 0.25) is 5.95 Å². The minimum absolute atomic E-state index is 0.136. The van der Waals surface area contributed by atoms with E-state index in [1.54, 1.807) is 0 Å². The fraction of sp³-hybridized carbons (Fsp3) is 0.450. The summed E-state index contributed by atoms with van der Waals surface area (Å²) in [6.45, 7) is 1.99. The first kappa shape index (κ1) is 19.1. The Hall–Kier alpha value is -2.70. The van der Waals surface area contributed by atoms with Crippen molar-refractivity contribution in [2.24, 2.45) is 0 Å². The molecule has 6 nitrogen and oxygen atoms in total. The number of aryl methyl sites for hydroxylation is 1. The lowest BCUT2D eigenvalue weighted by Crippen LogP contribution is -2.40. The van der Waals surface area contributed by atoms with Gasteiger partial charge < -0.3 is 15.5 Å². The maximum Gasteiger partial charge on any atom is 0.251 e. The molecule has 0 aliphatic heterocycles. The molecule has 7 heteroatoms. The van der Waals surface area contributed by atoms with Crippen molar-refractivity contribution in [2.45, 2.75) is 44.7 Å². The summed E-state index contributed by atoms with van der Waals surface area (Å²) < 4.78 is 13.0. The average Bonchev–Trinajstić information content (AvgIpc) is 2.65. The molecule has 27 heavy (non-hydrogen) atoms. The molecule has 0 unspecified atom stereocenters. The molecule has 1 aliphatic carbocycles. The summed E-state index contributed by atoms with van der Waals surface area (Å²) in [6.07, 6.45) is 5.47. The van der Waals surface area contributed by atoms with Gasteiger partial charge in [0.05, 0.1) is 0 Å². The summed E-state index contributed by atoms with van der Waals surface area (Å²) in [5.41, 5.74) is 1.53. The van der Waals surface area contributed by atoms with E-state index in [1.165, 1.54) is 24.3 Å². The number of benzene rings is 1. The molecular formula is C20H26FN5O. The fourth-order valence-electron chi connectivity index (χ4n) is 3.39. The number of nitrogens with zero attached hydrogens (tertiary/aromatic N) is 3. The molecule has 1 aromatic carbocycles. The first-order chi connectivity index (χ1) is 12.9. The van der Waals surface area contributed by atoms with Crippen molar-refractivity contribution in [3.05, 3.63) is 47.4 Å². The van der Waals surface area contributed by atoms with Gasteiger partial charge in [-0.1, -0.05) is 0 Å². The second-order valence-corrected chi connectivity index (χ2v) is 7.27. The predicted molar refractivity (Wildman–Crippen MR) is 105 cm³/mol. The Morgan fingerprint density at radius 2 is 1.74 bits per heavy atom. The molecule has 0 atom stereocenters. The number of carbonyl (C=O) groups is 1. The summed E-state index contributed by atoms with van der Waals surface area (Å²) in [6, 6.07) is 6.06. The van der Waals surface area contributed by atoms with Gasteiger partial charge in [-0.3, -0.25) is 4.79 Å². The smallest absolute Gasteiger partial charge is 0.251 e. The number of nitrogens with one attached hydrogen (secondary N) is 2. The molecule has 1 aliphatic rings. The summed E-state index contributed by atoms with van der Waals surface area (Å²) in [7, 11) is 3.93. The summed E-state index contributed by atoms with van der Waals surface area (Å²) in [5, 5.41) is 6.46. The SMILES string of the molecule is Cc1cnc(NC2CCC(NC(=O)c3ccc(F)cc3)CC2)nc1N(C)C. The van der Waals surface area contributed by atoms with Crippen molar-refractivity contribution in [1.82, 2.24) is 15.3 Å². The maximum absolute atomic E-state index is 13.0. The molecule has 0 radical (unpaired) electrons. The normalized spacial score (nSPS) is 19.4. The molecule has 0 bridgehead atoms. The third kappa shape index (κ3) is 4.93. The number of aromatic nitrogens is 2. The number of carbonyl (C=O) groups excluding carboxylic acids is 1. The Bertz CT molecular complexity index is 785. The Balaban J connectivity index is 1.51. The van der Waals surface area contributed by atoms with Crippen LogP contribution in [0.15, 0.2) is 30.5 Å². The van der Waals surface area contributed by atoms with Crippen molar-refractivity contribution in [3.8, 4) is 0 Å². The predicted octanol–water partition coefficient (Wildman–Crippen LogP) is 3.14. The lowest BCUT2D eigenvalue weighted by Gasteiger charge is -2.30. The van der Waals surface area contributed by atoms with Crippen LogP contribution >= 0.6 is 0 Å². The van der Waals surface area contributed by atoms with Crippen LogP contribution in [0, 0.1) is 12.7 Å². The Kier molecular flexibility index (Phi) is 5.88. The van der Waals surface area contributed by atoms with Gasteiger partial charge in [-0.05, 0) is 56.9 Å². The lowest BCUT2D eigenvalue weighted by atomic mass is 9.91. The summed E-state index contributed by atoms with van der Waals surface area (Å²) >= 11 is 0. The van der Waals surface area contributed by atoms with E-state index in [0.29, 0.717) is 17.6 Å². The van der Waals surface area contributed by atoms with E-state index < -0.39 is 0 Å². The monoisotopic (exact) mass is 371 g/mol. The van der Waals surface area contributed by atoms with Crippen LogP contribution in [-0.2, 0) is 0 Å². The van der Waals surface area contributed by atoms with Crippen molar-refractivity contribution in [2.75, 3.05) is 24.3 Å². The van der Waals surface area contributed by atoms with Gasteiger partial charge in [-0.15, -0.1) is 0 Å². The van der Waals surface area contributed by atoms with Crippen LogP contribution in [0.2, 0.25) is 0 Å². The number of amides is 1. The first-order valence-electron chi connectivity index (χ1n) is 9.26. The maximum atomic E-state index is 13.0. The second kappa shape index (κ2) is 8.33.